The molecule has 112 valence electrons. The second kappa shape index (κ2) is 5.31. The van der Waals surface area contributed by atoms with Crippen LogP contribution in [0.3, 0.4) is 0 Å². The summed E-state index contributed by atoms with van der Waals surface area (Å²) in [5.74, 6) is 0. The second-order valence-corrected chi connectivity index (χ2v) is 6.73. The van der Waals surface area contributed by atoms with Crippen molar-refractivity contribution >= 4 is 26.6 Å². The Morgan fingerprint density at radius 2 is 1.82 bits per heavy atom. The molecule has 2 aromatic carbocycles. The maximum absolute atomic E-state index is 12.4. The van der Waals surface area contributed by atoms with Gasteiger partial charge in [0.25, 0.3) is 10.0 Å². The number of aromatic amines is 1. The van der Waals surface area contributed by atoms with Crippen LogP contribution in [0.5, 0.6) is 0 Å². The van der Waals surface area contributed by atoms with Gasteiger partial charge in [-0.15, -0.1) is 0 Å². The molecule has 5 nitrogen and oxygen atoms in total. The Bertz CT molecular complexity index is 1010. The van der Waals surface area contributed by atoms with Crippen molar-refractivity contribution in [1.82, 2.24) is 4.98 Å². The van der Waals surface area contributed by atoms with Crippen molar-refractivity contribution in [3.8, 4) is 0 Å². The molecular formula is C16H14N2O3S. The first-order valence-electron chi connectivity index (χ1n) is 6.67. The fourth-order valence-electron chi connectivity index (χ4n) is 2.22. The molecule has 22 heavy (non-hydrogen) atoms. The minimum absolute atomic E-state index is 0.147. The van der Waals surface area contributed by atoms with Gasteiger partial charge >= 0.3 is 0 Å². The molecule has 0 radical (unpaired) electrons. The van der Waals surface area contributed by atoms with Gasteiger partial charge in [-0.25, -0.2) is 8.42 Å². The summed E-state index contributed by atoms with van der Waals surface area (Å²) >= 11 is 0. The van der Waals surface area contributed by atoms with Gasteiger partial charge in [0.2, 0.25) is 5.56 Å². The summed E-state index contributed by atoms with van der Waals surface area (Å²) in [6.07, 6.45) is 0. The van der Waals surface area contributed by atoms with Crippen LogP contribution >= 0.6 is 0 Å². The van der Waals surface area contributed by atoms with Crippen molar-refractivity contribution in [2.24, 2.45) is 0 Å². The first-order valence-corrected chi connectivity index (χ1v) is 8.15. The fourth-order valence-corrected chi connectivity index (χ4v) is 3.31. The van der Waals surface area contributed by atoms with Gasteiger partial charge in [-0.1, -0.05) is 12.1 Å². The maximum Gasteiger partial charge on any atom is 0.261 e. The lowest BCUT2D eigenvalue weighted by atomic mass is 10.2. The highest BCUT2D eigenvalue weighted by Gasteiger charge is 2.14. The fraction of sp³-hybridized carbons (Fsp3) is 0.0625. The smallest absolute Gasteiger partial charge is 0.261 e. The van der Waals surface area contributed by atoms with E-state index in [4.69, 9.17) is 0 Å². The Balaban J connectivity index is 2.01. The highest BCUT2D eigenvalue weighted by atomic mass is 32.2. The Morgan fingerprint density at radius 3 is 2.59 bits per heavy atom. The monoisotopic (exact) mass is 314 g/mol. The molecule has 0 unspecified atom stereocenters. The molecule has 1 heterocycles. The predicted molar refractivity (Wildman–Crippen MR) is 86.6 cm³/mol. The number of fused-ring (bicyclic) bond motifs is 1. The van der Waals surface area contributed by atoms with E-state index in [0.29, 0.717) is 16.6 Å². The van der Waals surface area contributed by atoms with Crippen molar-refractivity contribution in [3.63, 3.8) is 0 Å². The first-order chi connectivity index (χ1) is 10.4. The lowest BCUT2D eigenvalue weighted by Crippen LogP contribution is -2.13. The normalized spacial score (nSPS) is 11.5. The quantitative estimate of drug-likeness (QED) is 0.780. The number of aryl methyl sites for hydroxylation is 1. The van der Waals surface area contributed by atoms with E-state index in [9.17, 15) is 13.2 Å². The summed E-state index contributed by atoms with van der Waals surface area (Å²) < 4.78 is 27.4. The highest BCUT2D eigenvalue weighted by molar-refractivity contribution is 7.92. The minimum Gasteiger partial charge on any atom is -0.322 e. The molecule has 3 rings (SSSR count). The predicted octanol–water partition coefficient (Wildman–Crippen LogP) is 2.64. The van der Waals surface area contributed by atoms with Crippen LogP contribution in [0.1, 0.15) is 5.56 Å². The number of H-pyrrole nitrogens is 1. The average Bonchev–Trinajstić information content (AvgIpc) is 2.46. The molecule has 0 spiro atoms. The molecule has 3 aromatic rings. The van der Waals surface area contributed by atoms with Gasteiger partial charge in [-0.3, -0.25) is 9.52 Å². The number of hydrogen-bond donors (Lipinski definition) is 2. The molecule has 0 amide bonds. The van der Waals surface area contributed by atoms with Gasteiger partial charge < -0.3 is 4.98 Å². The molecule has 0 bridgehead atoms. The molecule has 0 aliphatic heterocycles. The Kier molecular flexibility index (Phi) is 3.46. The van der Waals surface area contributed by atoms with E-state index in [2.05, 4.69) is 9.71 Å². The van der Waals surface area contributed by atoms with E-state index in [1.165, 1.54) is 18.2 Å². The molecule has 0 saturated heterocycles. The van der Waals surface area contributed by atoms with Crippen LogP contribution in [0.25, 0.3) is 10.9 Å². The zero-order chi connectivity index (χ0) is 15.7. The van der Waals surface area contributed by atoms with E-state index in [0.717, 1.165) is 5.56 Å². The van der Waals surface area contributed by atoms with Crippen molar-refractivity contribution < 1.29 is 8.42 Å². The molecule has 0 aliphatic rings. The number of pyridine rings is 1. The Labute approximate surface area is 127 Å². The zero-order valence-corrected chi connectivity index (χ0v) is 12.6. The van der Waals surface area contributed by atoms with Crippen LogP contribution in [-0.4, -0.2) is 13.4 Å². The number of anilines is 1. The third-order valence-electron chi connectivity index (χ3n) is 3.28. The molecule has 0 atom stereocenters. The lowest BCUT2D eigenvalue weighted by Gasteiger charge is -2.09. The number of aromatic nitrogens is 1. The molecule has 1 aromatic heterocycles. The van der Waals surface area contributed by atoms with Crippen molar-refractivity contribution in [2.75, 3.05) is 4.72 Å². The highest BCUT2D eigenvalue weighted by Crippen LogP contribution is 2.20. The van der Waals surface area contributed by atoms with E-state index in [1.807, 2.05) is 13.0 Å². The maximum atomic E-state index is 12.4. The van der Waals surface area contributed by atoms with Crippen LogP contribution in [0.4, 0.5) is 5.69 Å². The van der Waals surface area contributed by atoms with Gasteiger partial charge in [-0.2, -0.15) is 0 Å². The summed E-state index contributed by atoms with van der Waals surface area (Å²) in [5, 5.41) is 0.659. The molecule has 6 heteroatoms. The second-order valence-electron chi connectivity index (χ2n) is 5.05. The average molecular weight is 314 g/mol. The molecular weight excluding hydrogens is 300 g/mol. The Morgan fingerprint density at radius 1 is 1.00 bits per heavy atom. The molecule has 0 aliphatic carbocycles. The van der Waals surface area contributed by atoms with Crippen molar-refractivity contribution in [2.45, 2.75) is 11.8 Å². The van der Waals surface area contributed by atoms with E-state index in [1.54, 1.807) is 30.3 Å². The third-order valence-corrected chi connectivity index (χ3v) is 4.65. The minimum atomic E-state index is -3.67. The molecule has 2 N–H and O–H groups in total. The third kappa shape index (κ3) is 2.87. The summed E-state index contributed by atoms with van der Waals surface area (Å²) in [5.41, 5.74) is 1.86. The largest absolute Gasteiger partial charge is 0.322 e. The van der Waals surface area contributed by atoms with E-state index in [-0.39, 0.29) is 10.5 Å². The van der Waals surface area contributed by atoms with Gasteiger partial charge in [0.1, 0.15) is 0 Å². The summed E-state index contributed by atoms with van der Waals surface area (Å²) in [6.45, 7) is 1.89. The van der Waals surface area contributed by atoms with Gasteiger partial charge in [-0.05, 0) is 54.3 Å². The van der Waals surface area contributed by atoms with Gasteiger partial charge in [0, 0.05) is 17.3 Å². The van der Waals surface area contributed by atoms with Crippen molar-refractivity contribution in [3.05, 3.63) is 70.5 Å². The first kappa shape index (κ1) is 14.3. The number of hydrogen-bond acceptors (Lipinski definition) is 3. The molecule has 0 fully saturated rings. The van der Waals surface area contributed by atoms with Crippen LogP contribution in [0, 0.1) is 6.92 Å². The summed E-state index contributed by atoms with van der Waals surface area (Å²) in [4.78, 5) is 14.1. The van der Waals surface area contributed by atoms with Crippen LogP contribution < -0.4 is 10.3 Å². The Hall–Kier alpha value is -2.60. The number of rotatable bonds is 3. The van der Waals surface area contributed by atoms with Gasteiger partial charge in [0.15, 0.2) is 0 Å². The standard InChI is InChI=1S/C16H14N2O3S/c1-11-3-2-4-13(9-11)18-22(20,21)14-6-7-15-12(10-14)5-8-16(19)17-15/h2-10,18H,1H3,(H,17,19). The van der Waals surface area contributed by atoms with Crippen LogP contribution in [-0.2, 0) is 10.0 Å². The topological polar surface area (TPSA) is 79.0 Å². The number of nitrogens with one attached hydrogen (secondary N) is 2. The number of sulfonamides is 1. The van der Waals surface area contributed by atoms with Gasteiger partial charge in [0.05, 0.1) is 4.90 Å². The number of benzene rings is 2. The van der Waals surface area contributed by atoms with Crippen molar-refractivity contribution in [1.29, 1.82) is 0 Å². The van der Waals surface area contributed by atoms with E-state index >= 15 is 0 Å². The van der Waals surface area contributed by atoms with Crippen LogP contribution in [0.2, 0.25) is 0 Å². The van der Waals surface area contributed by atoms with Crippen LogP contribution in [0.15, 0.2) is 64.3 Å². The summed E-state index contributed by atoms with van der Waals surface area (Å²) in [7, 11) is -3.67. The summed E-state index contributed by atoms with van der Waals surface area (Å²) in [6, 6.07) is 14.7. The van der Waals surface area contributed by atoms with E-state index < -0.39 is 10.0 Å². The lowest BCUT2D eigenvalue weighted by molar-refractivity contribution is 0.601. The SMILES string of the molecule is Cc1cccc(NS(=O)(=O)c2ccc3[nH]c(=O)ccc3c2)c1. The zero-order valence-electron chi connectivity index (χ0n) is 11.8. The molecule has 0 saturated carbocycles.